The van der Waals surface area contributed by atoms with E-state index in [9.17, 15) is 9.36 Å². The highest BCUT2D eigenvalue weighted by Crippen LogP contribution is 2.53. The molecule has 1 saturated heterocycles. The molecule has 1 unspecified atom stereocenters. The van der Waals surface area contributed by atoms with Crippen molar-refractivity contribution in [1.29, 1.82) is 0 Å². The van der Waals surface area contributed by atoms with Crippen LogP contribution in [-0.4, -0.2) is 63.3 Å². The number of carbonyl (C=O) groups excluding carboxylic acids is 1. The van der Waals surface area contributed by atoms with Gasteiger partial charge in [0.1, 0.15) is 6.10 Å². The van der Waals surface area contributed by atoms with Crippen molar-refractivity contribution < 1.29 is 37.4 Å². The molecule has 146 valence electrons. The SMILES string of the molecule is CCOC(=O)C(OC[C@H]1C[C@@H](N)[C@@H]2OC(C)(C)O[C@H]12)P(=O)(OC)OC. The Morgan fingerprint density at radius 3 is 2.44 bits per heavy atom. The largest absolute Gasteiger partial charge is 0.464 e. The fourth-order valence-corrected chi connectivity index (χ4v) is 4.41. The molecule has 0 amide bonds. The van der Waals surface area contributed by atoms with Crippen LogP contribution >= 0.6 is 7.60 Å². The Bertz CT molecular complexity index is 520. The number of rotatable bonds is 8. The summed E-state index contributed by atoms with van der Waals surface area (Å²) < 4.78 is 44.7. The highest BCUT2D eigenvalue weighted by molar-refractivity contribution is 7.55. The van der Waals surface area contributed by atoms with Crippen LogP contribution in [0.1, 0.15) is 27.2 Å². The number of nitrogens with two attached hydrogens (primary N) is 1. The highest BCUT2D eigenvalue weighted by Gasteiger charge is 2.53. The van der Waals surface area contributed by atoms with Gasteiger partial charge in [0.2, 0.25) is 0 Å². The minimum Gasteiger partial charge on any atom is -0.464 e. The third kappa shape index (κ3) is 4.42. The fraction of sp³-hybridized carbons (Fsp3) is 0.933. The maximum atomic E-state index is 12.6. The summed E-state index contributed by atoms with van der Waals surface area (Å²) >= 11 is 0. The van der Waals surface area contributed by atoms with E-state index >= 15 is 0 Å². The van der Waals surface area contributed by atoms with Gasteiger partial charge in [-0.25, -0.2) is 4.79 Å². The molecule has 2 N–H and O–H groups in total. The molecule has 2 rings (SSSR count). The summed E-state index contributed by atoms with van der Waals surface area (Å²) in [5.74, 6) is -3.09. The zero-order chi connectivity index (χ0) is 18.8. The van der Waals surface area contributed by atoms with Gasteiger partial charge in [0.05, 0.1) is 19.3 Å². The lowest BCUT2D eigenvalue weighted by molar-refractivity contribution is -0.164. The van der Waals surface area contributed by atoms with Gasteiger partial charge < -0.3 is 33.7 Å². The van der Waals surface area contributed by atoms with Gasteiger partial charge in [0.25, 0.3) is 5.85 Å². The van der Waals surface area contributed by atoms with Crippen LogP contribution in [0.3, 0.4) is 0 Å². The lowest BCUT2D eigenvalue weighted by Crippen LogP contribution is -2.35. The van der Waals surface area contributed by atoms with E-state index in [1.54, 1.807) is 6.92 Å². The number of hydrogen-bond acceptors (Lipinski definition) is 9. The van der Waals surface area contributed by atoms with E-state index in [4.69, 9.17) is 33.7 Å². The van der Waals surface area contributed by atoms with Gasteiger partial charge >= 0.3 is 13.6 Å². The first-order valence-electron chi connectivity index (χ1n) is 8.28. The fourth-order valence-electron chi connectivity index (χ4n) is 3.28. The summed E-state index contributed by atoms with van der Waals surface area (Å²) in [5, 5.41) is 0. The second-order valence-corrected chi connectivity index (χ2v) is 8.85. The zero-order valence-electron chi connectivity index (χ0n) is 15.3. The van der Waals surface area contributed by atoms with Crippen LogP contribution < -0.4 is 5.73 Å². The smallest absolute Gasteiger partial charge is 0.370 e. The van der Waals surface area contributed by atoms with Crippen molar-refractivity contribution in [2.24, 2.45) is 11.7 Å². The van der Waals surface area contributed by atoms with Crippen LogP contribution in [0.15, 0.2) is 0 Å². The quantitative estimate of drug-likeness (QED) is 0.490. The Labute approximate surface area is 147 Å². The molecule has 1 saturated carbocycles. The number of fused-ring (bicyclic) bond motifs is 1. The third-order valence-electron chi connectivity index (χ3n) is 4.38. The Morgan fingerprint density at radius 2 is 1.88 bits per heavy atom. The van der Waals surface area contributed by atoms with Gasteiger partial charge in [-0.05, 0) is 27.2 Å². The molecule has 1 heterocycles. The molecule has 25 heavy (non-hydrogen) atoms. The summed E-state index contributed by atoms with van der Waals surface area (Å²) in [6, 6.07) is -0.196. The van der Waals surface area contributed by atoms with E-state index < -0.39 is 25.2 Å². The second-order valence-electron chi connectivity index (χ2n) is 6.57. The zero-order valence-corrected chi connectivity index (χ0v) is 16.2. The monoisotopic (exact) mass is 381 g/mol. The molecular weight excluding hydrogens is 353 g/mol. The van der Waals surface area contributed by atoms with Gasteiger partial charge in [-0.3, -0.25) is 4.57 Å². The highest BCUT2D eigenvalue weighted by atomic mass is 31.2. The summed E-state index contributed by atoms with van der Waals surface area (Å²) in [6.07, 6.45) is 0.115. The van der Waals surface area contributed by atoms with E-state index in [0.717, 1.165) is 0 Å². The first kappa shape index (κ1) is 20.8. The Kier molecular flexibility index (Phi) is 6.65. The molecule has 1 aliphatic heterocycles. The minimum atomic E-state index is -3.80. The molecule has 5 atom stereocenters. The molecular formula is C15H28NO8P. The number of esters is 1. The number of ether oxygens (including phenoxy) is 4. The van der Waals surface area contributed by atoms with Crippen molar-refractivity contribution in [1.82, 2.24) is 0 Å². The van der Waals surface area contributed by atoms with Crippen molar-refractivity contribution in [2.75, 3.05) is 27.4 Å². The van der Waals surface area contributed by atoms with E-state index in [1.807, 2.05) is 13.8 Å². The number of hydrogen-bond donors (Lipinski definition) is 1. The average molecular weight is 381 g/mol. The Balaban J connectivity index is 2.07. The summed E-state index contributed by atoms with van der Waals surface area (Å²) in [6.45, 7) is 5.50. The summed E-state index contributed by atoms with van der Waals surface area (Å²) in [4.78, 5) is 12.1. The summed E-state index contributed by atoms with van der Waals surface area (Å²) in [5.41, 5.74) is 6.13. The van der Waals surface area contributed by atoms with Crippen molar-refractivity contribution >= 4 is 13.6 Å². The predicted molar refractivity (Wildman–Crippen MR) is 87.9 cm³/mol. The first-order chi connectivity index (χ1) is 11.7. The molecule has 0 spiro atoms. The molecule has 0 bridgehead atoms. The van der Waals surface area contributed by atoms with Crippen molar-refractivity contribution in [3.63, 3.8) is 0 Å². The Morgan fingerprint density at radius 1 is 1.28 bits per heavy atom. The molecule has 0 radical (unpaired) electrons. The lowest BCUT2D eigenvalue weighted by Gasteiger charge is -2.26. The van der Waals surface area contributed by atoms with Gasteiger partial charge in [-0.1, -0.05) is 0 Å². The maximum absolute atomic E-state index is 12.6. The van der Waals surface area contributed by atoms with Crippen LogP contribution in [0.5, 0.6) is 0 Å². The standard InChI is InChI=1S/C15H28NO8P/c1-6-21-13(17)14(25(18,19-4)20-5)22-8-9-7-10(16)12-11(9)23-15(2,3)24-12/h9-12,14H,6-8,16H2,1-5H3/t9-,10-,11-,12+,14?/m1/s1. The third-order valence-corrected chi connectivity index (χ3v) is 6.33. The molecule has 2 fully saturated rings. The van der Waals surface area contributed by atoms with Crippen molar-refractivity contribution in [3.8, 4) is 0 Å². The van der Waals surface area contributed by atoms with Crippen LogP contribution in [0.25, 0.3) is 0 Å². The predicted octanol–water partition coefficient (Wildman–Crippen LogP) is 1.25. The van der Waals surface area contributed by atoms with Crippen LogP contribution in [0.4, 0.5) is 0 Å². The van der Waals surface area contributed by atoms with Crippen LogP contribution in [0.2, 0.25) is 0 Å². The van der Waals surface area contributed by atoms with Gasteiger partial charge in [0, 0.05) is 26.2 Å². The minimum absolute atomic E-state index is 0.0918. The molecule has 0 aromatic carbocycles. The second kappa shape index (κ2) is 8.00. The Hall–Kier alpha value is -0.540. The normalized spacial score (nSPS) is 32.4. The molecule has 10 heteroatoms. The molecule has 0 aromatic rings. The molecule has 2 aliphatic rings. The van der Waals surface area contributed by atoms with E-state index in [-0.39, 0.29) is 37.4 Å². The summed E-state index contributed by atoms with van der Waals surface area (Å²) in [7, 11) is -1.42. The van der Waals surface area contributed by atoms with E-state index in [2.05, 4.69) is 0 Å². The van der Waals surface area contributed by atoms with Crippen molar-refractivity contribution in [3.05, 3.63) is 0 Å². The van der Waals surface area contributed by atoms with E-state index in [1.165, 1.54) is 14.2 Å². The molecule has 1 aliphatic carbocycles. The average Bonchev–Trinajstić information content (AvgIpc) is 3.02. The maximum Gasteiger partial charge on any atom is 0.370 e. The molecule has 9 nitrogen and oxygen atoms in total. The topological polar surface area (TPSA) is 116 Å². The van der Waals surface area contributed by atoms with Gasteiger partial charge in [-0.15, -0.1) is 0 Å². The number of carbonyl (C=O) groups is 1. The van der Waals surface area contributed by atoms with Crippen molar-refractivity contribution in [2.45, 2.75) is 57.1 Å². The van der Waals surface area contributed by atoms with Crippen LogP contribution in [-0.2, 0) is 37.4 Å². The van der Waals surface area contributed by atoms with Crippen LogP contribution in [0, 0.1) is 5.92 Å². The van der Waals surface area contributed by atoms with Gasteiger partial charge in [-0.2, -0.15) is 0 Å². The van der Waals surface area contributed by atoms with Gasteiger partial charge in [0.15, 0.2) is 5.79 Å². The molecule has 0 aromatic heterocycles. The first-order valence-corrected chi connectivity index (χ1v) is 9.89. The van der Waals surface area contributed by atoms with E-state index in [0.29, 0.717) is 6.42 Å². The lowest BCUT2D eigenvalue weighted by atomic mass is 10.1.